The number of benzene rings is 1. The van der Waals surface area contributed by atoms with Crippen LogP contribution < -0.4 is 10.2 Å². The van der Waals surface area contributed by atoms with Crippen LogP contribution in [0.3, 0.4) is 0 Å². The van der Waals surface area contributed by atoms with E-state index in [1.165, 1.54) is 5.69 Å². The topological polar surface area (TPSA) is 61.9 Å². The van der Waals surface area contributed by atoms with Crippen molar-refractivity contribution in [2.45, 2.75) is 32.8 Å². The highest BCUT2D eigenvalue weighted by molar-refractivity contribution is 5.78. The van der Waals surface area contributed by atoms with Crippen molar-refractivity contribution >= 4 is 18.1 Å². The van der Waals surface area contributed by atoms with Crippen molar-refractivity contribution in [2.75, 3.05) is 45.2 Å². The molecular formula is C19H31N3O3. The Bertz CT molecular complexity index is 547. The summed E-state index contributed by atoms with van der Waals surface area (Å²) in [7, 11) is 3.59. The smallest absolute Gasteiger partial charge is 0.293 e. The maximum Gasteiger partial charge on any atom is 0.293 e. The maximum atomic E-state index is 11.7. The average Bonchev–Trinajstić information content (AvgIpc) is 2.55. The number of amides is 1. The summed E-state index contributed by atoms with van der Waals surface area (Å²) in [4.78, 5) is 25.3. The molecule has 1 aliphatic rings. The van der Waals surface area contributed by atoms with Crippen LogP contribution in [0.1, 0.15) is 26.3 Å². The molecule has 140 valence electrons. The lowest BCUT2D eigenvalue weighted by Gasteiger charge is -2.29. The van der Waals surface area contributed by atoms with E-state index in [2.05, 4.69) is 27.1 Å². The summed E-state index contributed by atoms with van der Waals surface area (Å²) in [5.41, 5.74) is 1.99. The lowest BCUT2D eigenvalue weighted by atomic mass is 10.1. The molecule has 1 aromatic carbocycles. The molecule has 0 bridgehead atoms. The summed E-state index contributed by atoms with van der Waals surface area (Å²) in [6.07, 6.45) is 0.479. The fourth-order valence-corrected chi connectivity index (χ4v) is 2.26. The van der Waals surface area contributed by atoms with E-state index in [-0.39, 0.29) is 11.5 Å². The van der Waals surface area contributed by atoms with E-state index in [9.17, 15) is 9.59 Å². The summed E-state index contributed by atoms with van der Waals surface area (Å²) in [6, 6.07) is 8.31. The van der Waals surface area contributed by atoms with Gasteiger partial charge in [0.2, 0.25) is 5.91 Å². The van der Waals surface area contributed by atoms with Gasteiger partial charge in [0.1, 0.15) is 5.60 Å². The molecule has 1 saturated heterocycles. The van der Waals surface area contributed by atoms with Crippen LogP contribution in [-0.4, -0.2) is 63.2 Å². The van der Waals surface area contributed by atoms with Crippen LogP contribution in [0.2, 0.25) is 0 Å². The Morgan fingerprint density at radius 3 is 2.40 bits per heavy atom. The molecule has 0 atom stereocenters. The summed E-state index contributed by atoms with van der Waals surface area (Å²) < 4.78 is 4.55. The Morgan fingerprint density at radius 2 is 1.92 bits per heavy atom. The first-order valence-corrected chi connectivity index (χ1v) is 8.59. The standard InChI is InChI=1S/C14H21N3O.C5H10O2/c1-16(2)14(18)11-12-4-3-5-13(10-12)17-8-6-15-7-9-17;1-5(2,3)7-4-6/h3-5,10,15H,6-9,11H2,1-2H3;4H,1-3H3. The minimum Gasteiger partial charge on any atom is -0.462 e. The van der Waals surface area contributed by atoms with Crippen molar-refractivity contribution in [3.05, 3.63) is 29.8 Å². The second-order valence-corrected chi connectivity index (χ2v) is 7.20. The number of hydrogen-bond acceptors (Lipinski definition) is 5. The molecule has 1 aromatic rings. The van der Waals surface area contributed by atoms with E-state index in [1.807, 2.05) is 32.9 Å². The quantitative estimate of drug-likeness (QED) is 0.838. The summed E-state index contributed by atoms with van der Waals surface area (Å²) >= 11 is 0. The third-order valence-corrected chi connectivity index (χ3v) is 3.65. The molecule has 1 aliphatic heterocycles. The van der Waals surface area contributed by atoms with Crippen LogP contribution in [-0.2, 0) is 20.7 Å². The zero-order chi connectivity index (χ0) is 18.9. The SMILES string of the molecule is CC(C)(C)OC=O.CN(C)C(=O)Cc1cccc(N2CCNCC2)c1. The van der Waals surface area contributed by atoms with Gasteiger partial charge in [0.15, 0.2) is 0 Å². The molecule has 0 radical (unpaired) electrons. The van der Waals surface area contributed by atoms with Crippen molar-refractivity contribution in [3.8, 4) is 0 Å². The molecule has 6 nitrogen and oxygen atoms in total. The monoisotopic (exact) mass is 349 g/mol. The fraction of sp³-hybridized carbons (Fsp3) is 0.579. The number of nitrogens with one attached hydrogen (secondary N) is 1. The van der Waals surface area contributed by atoms with E-state index in [0.717, 1.165) is 31.7 Å². The number of likely N-dealkylation sites (N-methyl/N-ethyl adjacent to an activating group) is 1. The van der Waals surface area contributed by atoms with Crippen molar-refractivity contribution in [3.63, 3.8) is 0 Å². The van der Waals surface area contributed by atoms with Crippen LogP contribution in [0.15, 0.2) is 24.3 Å². The maximum absolute atomic E-state index is 11.7. The van der Waals surface area contributed by atoms with Gasteiger partial charge in [0.05, 0.1) is 6.42 Å². The summed E-state index contributed by atoms with van der Waals surface area (Å²) in [5, 5.41) is 3.34. The number of piperazine rings is 1. The van der Waals surface area contributed by atoms with Gasteiger partial charge in [-0.1, -0.05) is 12.1 Å². The third-order valence-electron chi connectivity index (χ3n) is 3.65. The average molecular weight is 349 g/mol. The van der Waals surface area contributed by atoms with Crippen molar-refractivity contribution < 1.29 is 14.3 Å². The first kappa shape index (κ1) is 21.0. The number of anilines is 1. The Balaban J connectivity index is 0.000000381. The second kappa shape index (κ2) is 10.0. The zero-order valence-electron chi connectivity index (χ0n) is 16.0. The number of rotatable bonds is 4. The van der Waals surface area contributed by atoms with Gasteiger partial charge in [-0.25, -0.2) is 0 Å². The van der Waals surface area contributed by atoms with Gasteiger partial charge in [0.25, 0.3) is 6.47 Å². The zero-order valence-corrected chi connectivity index (χ0v) is 16.0. The van der Waals surface area contributed by atoms with Crippen LogP contribution in [0, 0.1) is 0 Å². The van der Waals surface area contributed by atoms with Gasteiger partial charge in [-0.3, -0.25) is 9.59 Å². The lowest BCUT2D eigenvalue weighted by molar-refractivity contribution is -0.138. The molecule has 0 aromatic heterocycles. The molecule has 0 spiro atoms. The summed E-state index contributed by atoms with van der Waals surface area (Å²) in [5.74, 6) is 0.146. The fourth-order valence-electron chi connectivity index (χ4n) is 2.26. The molecular weight excluding hydrogens is 318 g/mol. The molecule has 0 unspecified atom stereocenters. The van der Waals surface area contributed by atoms with E-state index in [0.29, 0.717) is 12.9 Å². The Hall–Kier alpha value is -2.08. The normalized spacial score (nSPS) is 14.2. The molecule has 1 N–H and O–H groups in total. The van der Waals surface area contributed by atoms with E-state index < -0.39 is 0 Å². The number of ether oxygens (including phenoxy) is 1. The van der Waals surface area contributed by atoms with Crippen LogP contribution in [0.4, 0.5) is 5.69 Å². The Kier molecular flexibility index (Phi) is 8.41. The second-order valence-electron chi connectivity index (χ2n) is 7.20. The van der Waals surface area contributed by atoms with Crippen molar-refractivity contribution in [1.82, 2.24) is 10.2 Å². The lowest BCUT2D eigenvalue weighted by Crippen LogP contribution is -2.43. The molecule has 1 amide bonds. The Labute approximate surface area is 151 Å². The third kappa shape index (κ3) is 8.54. The molecule has 0 aliphatic carbocycles. The van der Waals surface area contributed by atoms with Gasteiger partial charge in [0, 0.05) is 46.0 Å². The highest BCUT2D eigenvalue weighted by Gasteiger charge is 2.12. The van der Waals surface area contributed by atoms with E-state index in [4.69, 9.17) is 0 Å². The molecule has 1 fully saturated rings. The minimum absolute atomic E-state index is 0.146. The predicted molar refractivity (Wildman–Crippen MR) is 101 cm³/mol. The van der Waals surface area contributed by atoms with Crippen LogP contribution in [0.25, 0.3) is 0 Å². The first-order chi connectivity index (χ1) is 11.7. The number of nitrogens with zero attached hydrogens (tertiary/aromatic N) is 2. The highest BCUT2D eigenvalue weighted by Crippen LogP contribution is 2.17. The van der Waals surface area contributed by atoms with Gasteiger partial charge in [-0.2, -0.15) is 0 Å². The van der Waals surface area contributed by atoms with Crippen molar-refractivity contribution in [1.29, 1.82) is 0 Å². The van der Waals surface area contributed by atoms with Crippen LogP contribution >= 0.6 is 0 Å². The highest BCUT2D eigenvalue weighted by atomic mass is 16.5. The number of carbonyl (C=O) groups is 2. The summed E-state index contributed by atoms with van der Waals surface area (Å²) in [6.45, 7) is 10.0. The van der Waals surface area contributed by atoms with Gasteiger partial charge in [-0.05, 0) is 38.5 Å². The molecule has 2 rings (SSSR count). The van der Waals surface area contributed by atoms with Gasteiger partial charge >= 0.3 is 0 Å². The van der Waals surface area contributed by atoms with E-state index in [1.54, 1.807) is 19.0 Å². The van der Waals surface area contributed by atoms with E-state index >= 15 is 0 Å². The molecule has 0 saturated carbocycles. The largest absolute Gasteiger partial charge is 0.462 e. The van der Waals surface area contributed by atoms with Gasteiger partial charge in [-0.15, -0.1) is 0 Å². The van der Waals surface area contributed by atoms with Gasteiger partial charge < -0.3 is 19.9 Å². The van der Waals surface area contributed by atoms with Crippen LogP contribution in [0.5, 0.6) is 0 Å². The molecule has 1 heterocycles. The minimum atomic E-state index is -0.318. The number of carbonyl (C=O) groups excluding carboxylic acids is 2. The molecule has 25 heavy (non-hydrogen) atoms. The Morgan fingerprint density at radius 1 is 1.28 bits per heavy atom. The van der Waals surface area contributed by atoms with Crippen molar-refractivity contribution in [2.24, 2.45) is 0 Å². The number of hydrogen-bond donors (Lipinski definition) is 1. The first-order valence-electron chi connectivity index (χ1n) is 8.59. The predicted octanol–water partition coefficient (Wildman–Crippen LogP) is 1.68. The molecule has 6 heteroatoms.